The third-order valence-corrected chi connectivity index (χ3v) is 23.4. The summed E-state index contributed by atoms with van der Waals surface area (Å²) in [4.78, 5) is 71.9. The summed E-state index contributed by atoms with van der Waals surface area (Å²) in [5, 5.41) is 39.7. The first-order chi connectivity index (χ1) is 55.4. The zero-order chi connectivity index (χ0) is 84.6. The standard InChI is InChI=1S/C24H22ClN3O3S.C20H20ClNO4S.C16H16ClNO2S.C15H12ClNO2S.C8H8N2O2.C4H8O.CH3.BrH.Mg/c1-24(2,30)20-6-5-19(32-20)15-9-16-10-17(31-23(16)18(25)11-15)13-28-22(29)8-4-14-3-7-21(26)27-12-14;1-11(23)16-5-6-17(27-16)12-7-13-8-14(25-18(13)15(21)9-12)10-22-19(24)26-20(2,3)4;1-16(2,19)14-4-3-13(21-14)9-5-10-6-11(8-18)20-15(10)12(17)7-9;1-8(18)13-2-3-14(20-13)9-4-10-5-11(7-17)19-15(10)12(16)6-9;9-7-3-1-6(5-10-7)2-4-8(11)12;1-2-4-5-3-1;;;/h3-12,30H,13H2,1-2H3,(H2,26,27)(H,28,29);5-9H,10H2,1-4H3,(H,22,24);3-7,19H,8,18H2,1-2H3;2-6H,7,17H2,1H3;1-5H,(H2,9,10)(H,11,12);1-4H2;1H3;1H;/q;;;;;;-1;;+2/p-1/b8-4+;;;;4-2+;;;;. The van der Waals surface area contributed by atoms with E-state index in [1.165, 1.54) is 65.2 Å². The Hall–Kier alpha value is -9.02. The number of hydrogen-bond acceptors (Lipinski definition) is 23. The molecule has 10 aromatic heterocycles. The van der Waals surface area contributed by atoms with Gasteiger partial charge in [0, 0.05) is 88.6 Å². The Bertz CT molecular complexity index is 5910. The first-order valence-corrected chi connectivity index (χ1v) is 41.2. The number of benzene rings is 4. The quantitative estimate of drug-likeness (QED) is 0.0167. The Morgan fingerprint density at radius 3 is 1.13 bits per heavy atom. The zero-order valence-electron chi connectivity index (χ0n) is 67.2. The summed E-state index contributed by atoms with van der Waals surface area (Å²) in [6, 6.07) is 45.0. The molecule has 0 unspecified atom stereocenters. The summed E-state index contributed by atoms with van der Waals surface area (Å²) in [5.41, 5.74) is 27.6. The molecule has 1 aliphatic rings. The van der Waals surface area contributed by atoms with Crippen LogP contribution in [0.1, 0.15) is 138 Å². The number of halogens is 5. The van der Waals surface area contributed by atoms with E-state index in [1.54, 1.807) is 110 Å². The number of aromatic nitrogens is 2. The zero-order valence-corrected chi connectivity index (χ0v) is 76.5. The number of nitrogens with two attached hydrogens (primary N) is 4. The number of alkyl carbamates (subject to hydrolysis) is 1. The van der Waals surface area contributed by atoms with E-state index in [1.807, 2.05) is 121 Å². The minimum atomic E-state index is -0.980. The van der Waals surface area contributed by atoms with Crippen LogP contribution in [0.2, 0.25) is 20.1 Å². The largest absolute Gasteiger partial charge is 2.00 e. The Morgan fingerprint density at radius 2 is 0.833 bits per heavy atom. The molecule has 0 radical (unpaired) electrons. The Balaban J connectivity index is 0.000000207. The molecule has 13 N–H and O–H groups in total. The predicted molar refractivity (Wildman–Crippen MR) is 485 cm³/mol. The van der Waals surface area contributed by atoms with Gasteiger partial charge < -0.3 is 100 Å². The molecule has 2 amide bonds. The Labute approximate surface area is 756 Å². The van der Waals surface area contributed by atoms with Crippen LogP contribution in [-0.2, 0) is 56.4 Å². The van der Waals surface area contributed by atoms with Crippen molar-refractivity contribution in [3.63, 3.8) is 0 Å². The van der Waals surface area contributed by atoms with Gasteiger partial charge in [-0.2, -0.15) is 0 Å². The van der Waals surface area contributed by atoms with Gasteiger partial charge in [0.25, 0.3) is 0 Å². The maximum Gasteiger partial charge on any atom is 2.00 e. The number of carboxylic acid groups (broad SMARTS) is 1. The van der Waals surface area contributed by atoms with Crippen molar-refractivity contribution < 1.29 is 83.4 Å². The molecule has 626 valence electrons. The van der Waals surface area contributed by atoms with Crippen LogP contribution in [0.15, 0.2) is 188 Å². The van der Waals surface area contributed by atoms with Gasteiger partial charge in [-0.3, -0.25) is 14.4 Å². The molecule has 0 bridgehead atoms. The number of fused-ring (bicyclic) bond motifs is 4. The van der Waals surface area contributed by atoms with E-state index in [-0.39, 0.29) is 78.0 Å². The number of carbonyl (C=O) groups excluding carboxylic acids is 4. The number of thiophene rings is 4. The third-order valence-electron chi connectivity index (χ3n) is 16.9. The average Bonchev–Trinajstić information content (AvgIpc) is 1.66. The molecular formula is C88H89BrCl4MgN8O14S4. The van der Waals surface area contributed by atoms with Crippen LogP contribution in [0.4, 0.5) is 16.4 Å². The number of anilines is 2. The van der Waals surface area contributed by atoms with E-state index in [4.69, 9.17) is 102 Å². The number of carbonyl (C=O) groups is 5. The molecule has 15 rings (SSSR count). The van der Waals surface area contributed by atoms with Crippen LogP contribution in [0.25, 0.3) is 97.8 Å². The summed E-state index contributed by atoms with van der Waals surface area (Å²) in [7, 11) is 0. The predicted octanol–water partition coefficient (Wildman–Crippen LogP) is 19.0. The normalized spacial score (nSPS) is 11.8. The van der Waals surface area contributed by atoms with Crippen LogP contribution < -0.4 is 50.5 Å². The monoisotopic (exact) mass is 1850 g/mol. The van der Waals surface area contributed by atoms with Crippen LogP contribution in [0.3, 0.4) is 0 Å². The number of nitrogens with one attached hydrogen (secondary N) is 2. The molecule has 0 saturated carbocycles. The molecule has 22 nitrogen and oxygen atoms in total. The topological polar surface area (TPSA) is 371 Å². The molecular weight excluding hydrogens is 1770 g/mol. The molecule has 120 heavy (non-hydrogen) atoms. The number of aliphatic hydroxyl groups is 2. The number of nitrogens with zero attached hydrogens (tertiary/aromatic N) is 2. The van der Waals surface area contributed by atoms with Crippen molar-refractivity contribution in [3.05, 3.63) is 251 Å². The van der Waals surface area contributed by atoms with Gasteiger partial charge in [-0.15, -0.1) is 45.3 Å². The van der Waals surface area contributed by atoms with Crippen molar-refractivity contribution in [2.24, 2.45) is 11.5 Å². The Morgan fingerprint density at radius 1 is 0.492 bits per heavy atom. The van der Waals surface area contributed by atoms with Gasteiger partial charge in [0.1, 0.15) is 40.3 Å². The van der Waals surface area contributed by atoms with E-state index < -0.39 is 28.9 Å². The summed E-state index contributed by atoms with van der Waals surface area (Å²) in [6.07, 6.45) is 10.7. The van der Waals surface area contributed by atoms with Gasteiger partial charge in [-0.05, 0) is 266 Å². The minimum Gasteiger partial charge on any atom is -1.00 e. The number of ether oxygens (including phenoxy) is 2. The molecule has 1 fully saturated rings. The number of rotatable bonds is 18. The number of ketones is 2. The fourth-order valence-electron chi connectivity index (χ4n) is 11.2. The minimum absolute atomic E-state index is 0. The number of aliphatic carboxylic acids is 1. The molecule has 1 saturated heterocycles. The fourth-order valence-corrected chi connectivity index (χ4v) is 16.0. The van der Waals surface area contributed by atoms with Gasteiger partial charge in [-0.1, -0.05) is 46.4 Å². The number of carboxylic acids is 1. The van der Waals surface area contributed by atoms with Gasteiger partial charge in [0.05, 0.1) is 67.2 Å². The van der Waals surface area contributed by atoms with Crippen LogP contribution >= 0.6 is 91.8 Å². The van der Waals surface area contributed by atoms with Crippen LogP contribution in [0, 0.1) is 7.43 Å². The second kappa shape index (κ2) is 44.2. The number of Topliss-reactive ketones (excluding diaryl/α,β-unsaturated/α-hetero) is 2. The Kier molecular flexibility index (Phi) is 36.1. The number of pyridine rings is 2. The van der Waals surface area contributed by atoms with E-state index in [9.17, 15) is 34.2 Å². The fraction of sp³-hybridized carbons (Fsp3) is 0.227. The summed E-state index contributed by atoms with van der Waals surface area (Å²) >= 11 is 31.4. The van der Waals surface area contributed by atoms with E-state index >= 15 is 0 Å². The van der Waals surface area contributed by atoms with Gasteiger partial charge in [-0.25, -0.2) is 19.6 Å². The average molecular weight is 1860 g/mol. The molecule has 0 aliphatic carbocycles. The summed E-state index contributed by atoms with van der Waals surface area (Å²) in [5.74, 6) is 2.31. The van der Waals surface area contributed by atoms with E-state index in [0.717, 1.165) is 103 Å². The maximum atomic E-state index is 12.1. The summed E-state index contributed by atoms with van der Waals surface area (Å²) < 4.78 is 32.9. The molecule has 11 heterocycles. The van der Waals surface area contributed by atoms with Crippen LogP contribution in [0.5, 0.6) is 0 Å². The smallest absolute Gasteiger partial charge is 1.00 e. The maximum absolute atomic E-state index is 12.1. The summed E-state index contributed by atoms with van der Waals surface area (Å²) in [6.45, 7) is 18.7. The molecule has 14 aromatic rings. The van der Waals surface area contributed by atoms with Crippen molar-refractivity contribution in [2.75, 3.05) is 24.7 Å². The van der Waals surface area contributed by atoms with E-state index in [0.29, 0.717) is 101 Å². The molecule has 1 aliphatic heterocycles. The number of furan rings is 4. The number of hydrogen-bond donors (Lipinski definition) is 9. The van der Waals surface area contributed by atoms with Gasteiger partial charge >= 0.3 is 35.1 Å². The van der Waals surface area contributed by atoms with Gasteiger partial charge in [0.15, 0.2) is 33.9 Å². The second-order valence-corrected chi connectivity index (χ2v) is 34.5. The third kappa shape index (κ3) is 28.0. The first kappa shape index (κ1) is 98.1. The van der Waals surface area contributed by atoms with Crippen LogP contribution in [-0.4, -0.2) is 96.7 Å². The molecule has 32 heteroatoms. The van der Waals surface area contributed by atoms with Gasteiger partial charge in [0.2, 0.25) is 5.91 Å². The van der Waals surface area contributed by atoms with Crippen molar-refractivity contribution in [3.8, 4) is 41.8 Å². The van der Waals surface area contributed by atoms with E-state index in [2.05, 4.69) is 20.6 Å². The van der Waals surface area contributed by atoms with Crippen molar-refractivity contribution >= 4 is 212 Å². The first-order valence-electron chi connectivity index (χ1n) is 36.5. The molecule has 0 atom stereocenters. The number of nitrogen functional groups attached to an aromatic ring is 2. The number of amides is 2. The van der Waals surface area contributed by atoms with Crippen molar-refractivity contribution in [2.45, 2.75) is 118 Å². The molecule has 4 aromatic carbocycles. The molecule has 0 spiro atoms. The second-order valence-electron chi connectivity index (χ2n) is 28.6. The van der Waals surface area contributed by atoms with Crippen molar-refractivity contribution in [1.82, 2.24) is 20.6 Å². The SMILES string of the molecule is C1CCOC1.CC(=O)c1ccc(-c2cc(Cl)c3oc(CN)cc3c2)s1.CC(=O)c1ccc(-c2cc(Cl)c3oc(CNC(=O)OC(C)(C)C)cc3c2)s1.CC(C)(O)c1ccc(-c2cc(Cl)c3oc(CN)cc3c2)s1.CC(C)(O)c1ccc(-c2cc(Cl)c3oc(CNC(=O)/C=C/c4ccc(N)nc4)cc3c2)s1.Nc1ccc(/C=C/C(=O)O)cn1.[Br-].[CH3-].[Mg+2]. The van der Waals surface area contributed by atoms with Crippen molar-refractivity contribution in [1.29, 1.82) is 0 Å².